The van der Waals surface area contributed by atoms with Gasteiger partial charge in [-0.25, -0.2) is 4.98 Å². The van der Waals surface area contributed by atoms with E-state index in [0.717, 1.165) is 113 Å². The highest BCUT2D eigenvalue weighted by molar-refractivity contribution is 7.57. The normalized spacial score (nSPS) is 23.4. The maximum absolute atomic E-state index is 13.2. The average molecular weight is 894 g/mol. The van der Waals surface area contributed by atoms with Crippen LogP contribution >= 0.6 is 7.92 Å². The van der Waals surface area contributed by atoms with Crippen LogP contribution in [-0.4, -0.2) is 139 Å². The van der Waals surface area contributed by atoms with Crippen molar-refractivity contribution in [1.82, 2.24) is 30.0 Å². The number of hydrogen-bond acceptors (Lipinski definition) is 12. The molecule has 4 aliphatic heterocycles. The minimum Gasteiger partial charge on any atom is -0.494 e. The summed E-state index contributed by atoms with van der Waals surface area (Å²) in [5.74, 6) is 2.64. The second kappa shape index (κ2) is 20.6. The Kier molecular flexibility index (Phi) is 14.7. The molecule has 5 aliphatic rings. The smallest absolute Gasteiger partial charge is 0.255 e. The summed E-state index contributed by atoms with van der Waals surface area (Å²) in [7, 11) is 1.61. The largest absolute Gasteiger partial charge is 0.494 e. The molecule has 3 saturated heterocycles. The highest BCUT2D eigenvalue weighted by Gasteiger charge is 2.40. The third-order valence-electron chi connectivity index (χ3n) is 14.0. The lowest BCUT2D eigenvalue weighted by Crippen LogP contribution is -2.53. The van der Waals surface area contributed by atoms with Gasteiger partial charge in [0.15, 0.2) is 0 Å². The lowest BCUT2D eigenvalue weighted by Gasteiger charge is -2.43. The number of anilines is 4. The Morgan fingerprint density at radius 2 is 1.77 bits per heavy atom. The van der Waals surface area contributed by atoms with E-state index in [9.17, 15) is 14.4 Å². The van der Waals surface area contributed by atoms with Crippen molar-refractivity contribution in [3.05, 3.63) is 70.9 Å². The molecule has 5 heterocycles. The lowest BCUT2D eigenvalue weighted by molar-refractivity contribution is -0.136. The maximum atomic E-state index is 13.2. The molecule has 14 nitrogen and oxygen atoms in total. The van der Waals surface area contributed by atoms with Gasteiger partial charge in [-0.2, -0.15) is 4.98 Å². The first kappa shape index (κ1) is 45.8. The number of ether oxygens (including phenoxy) is 2. The molecule has 4 atom stereocenters. The maximum Gasteiger partial charge on any atom is 0.255 e. The van der Waals surface area contributed by atoms with Crippen LogP contribution in [0.4, 0.5) is 23.1 Å². The fourth-order valence-corrected chi connectivity index (χ4v) is 11.6. The molecule has 64 heavy (non-hydrogen) atoms. The highest BCUT2D eigenvalue weighted by atomic mass is 31.1. The highest BCUT2D eigenvalue weighted by Crippen LogP contribution is 2.42. The van der Waals surface area contributed by atoms with Gasteiger partial charge in [0.25, 0.3) is 5.91 Å². The first-order valence-electron chi connectivity index (χ1n) is 23.5. The number of allylic oxidation sites excluding steroid dienone is 1. The van der Waals surface area contributed by atoms with Crippen molar-refractivity contribution in [3.63, 3.8) is 0 Å². The number of aromatic nitrogens is 2. The summed E-state index contributed by atoms with van der Waals surface area (Å²) >= 11 is 0. The van der Waals surface area contributed by atoms with E-state index in [0.29, 0.717) is 60.5 Å². The van der Waals surface area contributed by atoms with E-state index in [-0.39, 0.29) is 26.2 Å². The molecule has 3 fully saturated rings. The molecule has 344 valence electrons. The SMILES string of the molecule is CCc1cc(Nc2ncc(C)c(NC3C[C@@H](C)C=CC3P(C)C)n2)c(OC)cc1N1CCC(N2CCN(CCCCOc3cccc4c3CN(C3CCC(=O)NC3=O)C4=O)CC2)CC1. The Labute approximate surface area is 380 Å². The number of fused-ring (bicyclic) bond motifs is 1. The van der Waals surface area contributed by atoms with Crippen molar-refractivity contribution >= 4 is 48.8 Å². The molecule has 15 heteroatoms. The number of nitrogens with one attached hydrogen (secondary N) is 3. The van der Waals surface area contributed by atoms with E-state index in [1.165, 1.54) is 11.3 Å². The number of unbranched alkanes of at least 4 members (excludes halogenated alkanes) is 1. The summed E-state index contributed by atoms with van der Waals surface area (Å²) in [6.45, 7) is 19.6. The standard InChI is InChI=1S/C49H68N9O5P/c1-7-34-28-38(52-49-50-30-33(3)46(54-49)51-39-27-32(2)13-15-44(39)64(5)6)43(62-4)29-41(34)57-20-17-35(18-21-57)56-24-22-55(23-25-56)19-8-9-26-63-42-12-10-11-36-37(42)31-58(48(36)61)40-14-16-45(59)53-47(40)60/h10-13,15,28-30,32,35,39-40,44H,7-9,14,16-27,31H2,1-6H3,(H,53,59,60)(H2,50,51,52,54)/t32-,39?,40?,44?/m0/s1. The summed E-state index contributed by atoms with van der Waals surface area (Å²) in [5, 5.41) is 9.70. The van der Waals surface area contributed by atoms with Gasteiger partial charge in [-0.15, -0.1) is 7.92 Å². The molecule has 3 unspecified atom stereocenters. The molecule has 0 bridgehead atoms. The lowest BCUT2D eigenvalue weighted by atomic mass is 9.93. The van der Waals surface area contributed by atoms with Crippen LogP contribution in [0.25, 0.3) is 0 Å². The average Bonchev–Trinajstić information content (AvgIpc) is 3.63. The van der Waals surface area contributed by atoms with Gasteiger partial charge in [-0.05, 0) is 101 Å². The molecule has 1 aliphatic carbocycles. The number of methoxy groups -OCH3 is 1. The number of hydrogen-bond donors (Lipinski definition) is 3. The number of rotatable bonds is 16. The molecular weight excluding hydrogens is 826 g/mol. The van der Waals surface area contributed by atoms with Crippen LogP contribution < -0.4 is 30.3 Å². The number of aryl methyl sites for hydroxylation is 2. The van der Waals surface area contributed by atoms with E-state index in [1.807, 2.05) is 18.3 Å². The van der Waals surface area contributed by atoms with Gasteiger partial charge >= 0.3 is 0 Å². The van der Waals surface area contributed by atoms with Crippen molar-refractivity contribution in [2.24, 2.45) is 5.92 Å². The molecule has 0 radical (unpaired) electrons. The van der Waals surface area contributed by atoms with Crippen LogP contribution in [0.2, 0.25) is 0 Å². The van der Waals surface area contributed by atoms with E-state index in [1.54, 1.807) is 18.1 Å². The van der Waals surface area contributed by atoms with Crippen LogP contribution in [0.5, 0.6) is 11.5 Å². The zero-order valence-corrected chi connectivity index (χ0v) is 39.6. The van der Waals surface area contributed by atoms with E-state index in [2.05, 4.69) is 94.0 Å². The minimum atomic E-state index is -0.629. The molecule has 8 rings (SSSR count). The number of carbonyl (C=O) groups is 3. The van der Waals surface area contributed by atoms with Crippen molar-refractivity contribution in [1.29, 1.82) is 0 Å². The van der Waals surface area contributed by atoms with Gasteiger partial charge in [0.1, 0.15) is 23.4 Å². The summed E-state index contributed by atoms with van der Waals surface area (Å²) in [5.41, 5.74) is 6.40. The Hall–Kier alpha value is -4.78. The third kappa shape index (κ3) is 10.3. The van der Waals surface area contributed by atoms with E-state index >= 15 is 0 Å². The van der Waals surface area contributed by atoms with Crippen LogP contribution in [0.15, 0.2) is 48.7 Å². The quantitative estimate of drug-likeness (QED) is 0.0603. The van der Waals surface area contributed by atoms with Gasteiger partial charge in [0.05, 0.1) is 25.9 Å². The Balaban J connectivity index is 0.782. The second-order valence-corrected chi connectivity index (χ2v) is 21.0. The molecule has 3 aromatic rings. The topological polar surface area (TPSA) is 144 Å². The van der Waals surface area contributed by atoms with Crippen molar-refractivity contribution in [3.8, 4) is 11.5 Å². The molecular formula is C49H68N9O5P. The molecule has 0 spiro atoms. The number of amides is 3. The molecule has 1 aromatic heterocycles. The predicted octanol–water partition coefficient (Wildman–Crippen LogP) is 6.79. The summed E-state index contributed by atoms with van der Waals surface area (Å²) in [6.07, 6.45) is 13.5. The number of benzene rings is 2. The van der Waals surface area contributed by atoms with Crippen molar-refractivity contribution < 1.29 is 23.9 Å². The number of nitrogens with zero attached hydrogens (tertiary/aromatic N) is 6. The number of carbonyl (C=O) groups excluding carboxylic acids is 3. The van der Waals surface area contributed by atoms with Gasteiger partial charge in [-0.1, -0.05) is 32.1 Å². The predicted molar refractivity (Wildman–Crippen MR) is 256 cm³/mol. The Bertz CT molecular complexity index is 2190. The van der Waals surface area contributed by atoms with E-state index < -0.39 is 11.9 Å². The zero-order chi connectivity index (χ0) is 44.9. The summed E-state index contributed by atoms with van der Waals surface area (Å²) in [4.78, 5) is 56.4. The molecule has 0 saturated carbocycles. The third-order valence-corrected chi connectivity index (χ3v) is 15.7. The van der Waals surface area contributed by atoms with Crippen LogP contribution in [0, 0.1) is 12.8 Å². The molecule has 2 aromatic carbocycles. The van der Waals surface area contributed by atoms with Gasteiger partial charge in [0.2, 0.25) is 17.8 Å². The fraction of sp³-hybridized carbons (Fsp3) is 0.571. The molecule has 3 N–H and O–H groups in total. The van der Waals surface area contributed by atoms with Crippen LogP contribution in [0.1, 0.15) is 85.8 Å². The zero-order valence-electron chi connectivity index (χ0n) is 38.7. The molecule has 3 amide bonds. The van der Waals surface area contributed by atoms with Gasteiger partial charge < -0.3 is 34.8 Å². The summed E-state index contributed by atoms with van der Waals surface area (Å²) in [6, 6.07) is 10.3. The number of imide groups is 1. The summed E-state index contributed by atoms with van der Waals surface area (Å²) < 4.78 is 12.2. The Morgan fingerprint density at radius 3 is 2.50 bits per heavy atom. The number of piperazine rings is 1. The minimum absolute atomic E-state index is 0.127. The van der Waals surface area contributed by atoms with Crippen molar-refractivity contribution in [2.45, 2.75) is 102 Å². The van der Waals surface area contributed by atoms with E-state index in [4.69, 9.17) is 14.5 Å². The second-order valence-electron chi connectivity index (χ2n) is 18.5. The fourth-order valence-electron chi connectivity index (χ4n) is 10.3. The number of piperidine rings is 2. The first-order chi connectivity index (χ1) is 31.0. The van der Waals surface area contributed by atoms with Crippen LogP contribution in [-0.2, 0) is 22.6 Å². The first-order valence-corrected chi connectivity index (χ1v) is 25.8. The van der Waals surface area contributed by atoms with Gasteiger partial charge in [0, 0.05) is 98.1 Å². The Morgan fingerprint density at radius 1 is 0.969 bits per heavy atom. The van der Waals surface area contributed by atoms with Crippen LogP contribution in [0.3, 0.4) is 0 Å². The van der Waals surface area contributed by atoms with Gasteiger partial charge in [-0.3, -0.25) is 24.6 Å². The monoisotopic (exact) mass is 894 g/mol. The van der Waals surface area contributed by atoms with Crippen molar-refractivity contribution in [2.75, 3.05) is 88.4 Å².